The van der Waals surface area contributed by atoms with Gasteiger partial charge in [0, 0.05) is 6.54 Å². The highest BCUT2D eigenvalue weighted by Gasteiger charge is 2.36. The number of rotatable bonds is 3. The van der Waals surface area contributed by atoms with Crippen LogP contribution in [0.2, 0.25) is 0 Å². The van der Waals surface area contributed by atoms with Gasteiger partial charge in [0.1, 0.15) is 5.75 Å². The standard InChI is InChI=1S/C25H34N2O5S/c28-25-16-32-24-9-2-1-7-21(24)19-10-12-20(13-11-19)31-15-23-22(8-4-14-27(23)25)26-33(29,30)17-18-5-3-6-18/h1-2,7,9,18-20,23H,3-6,8,10-17H2/b26-22+/t19?,20?,23-/m0/s1. The van der Waals surface area contributed by atoms with E-state index in [-0.39, 0.29) is 30.3 Å². The minimum atomic E-state index is -3.55. The number of hydrogen-bond acceptors (Lipinski definition) is 5. The van der Waals surface area contributed by atoms with Crippen molar-refractivity contribution in [2.75, 3.05) is 25.5 Å². The molecule has 0 aromatic heterocycles. The summed E-state index contributed by atoms with van der Waals surface area (Å²) < 4.78 is 42.2. The van der Waals surface area contributed by atoms with Gasteiger partial charge in [0.15, 0.2) is 6.61 Å². The molecule has 1 aromatic rings. The zero-order valence-electron chi connectivity index (χ0n) is 19.2. The Labute approximate surface area is 196 Å². The monoisotopic (exact) mass is 474 g/mol. The molecule has 2 aliphatic carbocycles. The summed E-state index contributed by atoms with van der Waals surface area (Å²) in [6.45, 7) is 0.796. The lowest BCUT2D eigenvalue weighted by Crippen LogP contribution is -2.53. The molecule has 3 fully saturated rings. The van der Waals surface area contributed by atoms with Crippen LogP contribution in [0.5, 0.6) is 5.75 Å². The fraction of sp³-hybridized carbons (Fsp3) is 0.680. The first kappa shape index (κ1) is 22.8. The lowest BCUT2D eigenvalue weighted by molar-refractivity contribution is -0.136. The second-order valence-electron chi connectivity index (χ2n) is 9.97. The second-order valence-corrected chi connectivity index (χ2v) is 11.6. The Kier molecular flexibility index (Phi) is 6.74. The van der Waals surface area contributed by atoms with Gasteiger partial charge >= 0.3 is 0 Å². The van der Waals surface area contributed by atoms with E-state index in [9.17, 15) is 13.2 Å². The molecule has 2 bridgehead atoms. The third-order valence-corrected chi connectivity index (χ3v) is 9.12. The van der Waals surface area contributed by atoms with Gasteiger partial charge in [0.25, 0.3) is 15.9 Å². The van der Waals surface area contributed by atoms with E-state index in [4.69, 9.17) is 9.47 Å². The number of sulfonamides is 1. The van der Waals surface area contributed by atoms with Crippen LogP contribution < -0.4 is 4.74 Å². The molecule has 3 aliphatic heterocycles. The number of para-hydroxylation sites is 1. The molecule has 8 heteroatoms. The van der Waals surface area contributed by atoms with Crippen LogP contribution in [0, 0.1) is 5.92 Å². The van der Waals surface area contributed by atoms with Crippen LogP contribution in [-0.2, 0) is 19.6 Å². The predicted octanol–water partition coefficient (Wildman–Crippen LogP) is 3.68. The number of nitrogens with zero attached hydrogens (tertiary/aromatic N) is 2. The predicted molar refractivity (Wildman–Crippen MR) is 126 cm³/mol. The summed E-state index contributed by atoms with van der Waals surface area (Å²) in [6, 6.07) is 7.57. The minimum absolute atomic E-state index is 0.0637. The Bertz CT molecular complexity index is 996. The molecule has 0 N–H and O–H groups in total. The number of carbonyl (C=O) groups is 1. The fourth-order valence-electron chi connectivity index (χ4n) is 5.64. The average molecular weight is 475 g/mol. The number of benzene rings is 1. The zero-order chi connectivity index (χ0) is 22.8. The maximum absolute atomic E-state index is 13.2. The van der Waals surface area contributed by atoms with E-state index in [2.05, 4.69) is 10.5 Å². The highest BCUT2D eigenvalue weighted by Crippen LogP contribution is 2.39. The lowest BCUT2D eigenvalue weighted by Gasteiger charge is -2.37. The van der Waals surface area contributed by atoms with Gasteiger partial charge in [0.05, 0.1) is 30.2 Å². The highest BCUT2D eigenvalue weighted by atomic mass is 32.2. The summed E-state index contributed by atoms with van der Waals surface area (Å²) >= 11 is 0. The Balaban J connectivity index is 1.41. The van der Waals surface area contributed by atoms with E-state index in [1.54, 1.807) is 4.90 Å². The zero-order valence-corrected chi connectivity index (χ0v) is 20.0. The molecular formula is C25H34N2O5S. The molecule has 7 nitrogen and oxygen atoms in total. The Morgan fingerprint density at radius 3 is 2.58 bits per heavy atom. The van der Waals surface area contributed by atoms with Crippen molar-refractivity contribution in [1.29, 1.82) is 0 Å². The summed E-state index contributed by atoms with van der Waals surface area (Å²) in [4.78, 5) is 15.0. The first-order valence-corrected chi connectivity index (χ1v) is 14.0. The van der Waals surface area contributed by atoms with Crippen LogP contribution in [0.3, 0.4) is 0 Å². The largest absolute Gasteiger partial charge is 0.483 e. The number of carbonyl (C=O) groups excluding carboxylic acids is 1. The topological polar surface area (TPSA) is 85.3 Å². The molecule has 33 heavy (non-hydrogen) atoms. The maximum atomic E-state index is 13.2. The normalized spacial score (nSPS) is 30.3. The molecule has 2 saturated carbocycles. The Hall–Kier alpha value is -1.93. The molecular weight excluding hydrogens is 440 g/mol. The van der Waals surface area contributed by atoms with Crippen LogP contribution in [-0.4, -0.2) is 62.6 Å². The quantitative estimate of drug-likeness (QED) is 0.667. The Morgan fingerprint density at radius 2 is 1.82 bits per heavy atom. The van der Waals surface area contributed by atoms with E-state index in [0.29, 0.717) is 37.6 Å². The number of hydrogen-bond donors (Lipinski definition) is 0. The number of fused-ring (bicyclic) bond motifs is 5. The van der Waals surface area contributed by atoms with Gasteiger partial charge in [-0.05, 0) is 74.8 Å². The van der Waals surface area contributed by atoms with Crippen molar-refractivity contribution in [3.05, 3.63) is 29.8 Å². The molecule has 3 heterocycles. The van der Waals surface area contributed by atoms with Gasteiger partial charge < -0.3 is 14.4 Å². The summed E-state index contributed by atoms with van der Waals surface area (Å²) in [5, 5.41) is 0. The van der Waals surface area contributed by atoms with E-state index in [0.717, 1.165) is 50.7 Å². The second kappa shape index (κ2) is 9.74. The number of ether oxygens (including phenoxy) is 2. The molecule has 1 aromatic carbocycles. The van der Waals surface area contributed by atoms with Crippen molar-refractivity contribution >= 4 is 21.6 Å². The van der Waals surface area contributed by atoms with Gasteiger partial charge in [-0.2, -0.15) is 4.40 Å². The van der Waals surface area contributed by atoms with Crippen molar-refractivity contribution in [2.45, 2.75) is 75.9 Å². The molecule has 1 atom stereocenters. The SMILES string of the molecule is O=C1COc2ccccc2C2CCC(CC2)OC[C@H]2/C(=N/S(=O)(=O)CC3CCC3)CCCN12. The van der Waals surface area contributed by atoms with Gasteiger partial charge in [-0.1, -0.05) is 24.6 Å². The number of piperidine rings is 1. The summed E-state index contributed by atoms with van der Waals surface area (Å²) in [7, 11) is -3.55. The molecule has 6 rings (SSSR count). The van der Waals surface area contributed by atoms with Gasteiger partial charge in [-0.3, -0.25) is 4.79 Å². The van der Waals surface area contributed by atoms with Gasteiger partial charge in [0.2, 0.25) is 0 Å². The van der Waals surface area contributed by atoms with E-state index in [1.807, 2.05) is 18.2 Å². The first-order valence-electron chi connectivity index (χ1n) is 12.4. The molecule has 0 radical (unpaired) electrons. The smallest absolute Gasteiger partial charge is 0.261 e. The van der Waals surface area contributed by atoms with E-state index < -0.39 is 16.1 Å². The Morgan fingerprint density at radius 1 is 1.03 bits per heavy atom. The molecule has 1 amide bonds. The fourth-order valence-corrected chi connectivity index (χ4v) is 7.21. The van der Waals surface area contributed by atoms with E-state index in [1.165, 1.54) is 5.56 Å². The lowest BCUT2D eigenvalue weighted by atomic mass is 9.82. The molecule has 180 valence electrons. The number of amides is 1. The molecule has 0 spiro atoms. The summed E-state index contributed by atoms with van der Waals surface area (Å²) in [5.41, 5.74) is 1.74. The molecule has 0 unspecified atom stereocenters. The van der Waals surface area contributed by atoms with Crippen LogP contribution in [0.1, 0.15) is 69.3 Å². The van der Waals surface area contributed by atoms with E-state index >= 15 is 0 Å². The summed E-state index contributed by atoms with van der Waals surface area (Å²) in [6.07, 6.45) is 8.36. The van der Waals surface area contributed by atoms with Crippen molar-refractivity contribution in [1.82, 2.24) is 4.90 Å². The van der Waals surface area contributed by atoms with Crippen molar-refractivity contribution < 1.29 is 22.7 Å². The molecule has 5 aliphatic rings. The van der Waals surface area contributed by atoms with Crippen molar-refractivity contribution in [3.8, 4) is 5.75 Å². The van der Waals surface area contributed by atoms with Gasteiger partial charge in [-0.25, -0.2) is 8.42 Å². The third kappa shape index (κ3) is 5.27. The maximum Gasteiger partial charge on any atom is 0.261 e. The van der Waals surface area contributed by atoms with Crippen molar-refractivity contribution in [3.63, 3.8) is 0 Å². The molecule has 1 saturated heterocycles. The minimum Gasteiger partial charge on any atom is -0.483 e. The third-order valence-electron chi connectivity index (χ3n) is 7.71. The van der Waals surface area contributed by atoms with Crippen LogP contribution in [0.4, 0.5) is 0 Å². The van der Waals surface area contributed by atoms with Crippen LogP contribution >= 0.6 is 0 Å². The first-order chi connectivity index (χ1) is 16.0. The average Bonchev–Trinajstić information content (AvgIpc) is 2.80. The van der Waals surface area contributed by atoms with Gasteiger partial charge in [-0.15, -0.1) is 0 Å². The van der Waals surface area contributed by atoms with Crippen LogP contribution in [0.15, 0.2) is 28.7 Å². The summed E-state index contributed by atoms with van der Waals surface area (Å²) in [5.74, 6) is 1.38. The highest BCUT2D eigenvalue weighted by molar-refractivity contribution is 7.90. The van der Waals surface area contributed by atoms with Crippen LogP contribution in [0.25, 0.3) is 0 Å². The van der Waals surface area contributed by atoms with Crippen molar-refractivity contribution in [2.24, 2.45) is 10.3 Å².